The van der Waals surface area contributed by atoms with Gasteiger partial charge in [-0.2, -0.15) is 0 Å². The first-order valence-electron chi connectivity index (χ1n) is 1.55. The van der Waals surface area contributed by atoms with Crippen molar-refractivity contribution in [3.63, 3.8) is 0 Å². The molecule has 0 fully saturated rings. The monoisotopic (exact) mass is 110 g/mol. The van der Waals surface area contributed by atoms with E-state index in [4.69, 9.17) is 0 Å². The lowest BCUT2D eigenvalue weighted by atomic mass is 10.8. The van der Waals surface area contributed by atoms with Crippen molar-refractivity contribution in [2.75, 3.05) is 0 Å². The summed E-state index contributed by atoms with van der Waals surface area (Å²) in [6.07, 6.45) is 1.10. The molecule has 0 aliphatic heterocycles. The first-order chi connectivity index (χ1) is 2.77. The van der Waals surface area contributed by atoms with Gasteiger partial charge in [0.25, 0.3) is 0 Å². The van der Waals surface area contributed by atoms with E-state index in [1.807, 2.05) is 0 Å². The minimum atomic E-state index is -0.329. The molecule has 0 rings (SSSR count). The van der Waals surface area contributed by atoms with Crippen molar-refractivity contribution in [2.45, 2.75) is 6.92 Å². The third-order valence-electron chi connectivity index (χ3n) is 0.249. The molecule has 7 heavy (non-hydrogen) atoms. The molecule has 0 N–H and O–H groups in total. The second-order valence-corrected chi connectivity index (χ2v) is 0.776. The molecule has 36 valence electrons. The van der Waals surface area contributed by atoms with Crippen LogP contribution in [0.15, 0.2) is 12.8 Å². The van der Waals surface area contributed by atoms with Crippen LogP contribution in [0, 0.1) is 0 Å². The van der Waals surface area contributed by atoms with Gasteiger partial charge >= 0.3 is 5.97 Å². The fraction of sp³-hybridized carbons (Fsp3) is 0.250. The van der Waals surface area contributed by atoms with Gasteiger partial charge < -0.3 is 4.74 Å². The molecule has 0 aliphatic rings. The van der Waals surface area contributed by atoms with Crippen LogP contribution in [-0.4, -0.2) is 29.0 Å². The van der Waals surface area contributed by atoms with Crippen LogP contribution < -0.4 is 0 Å². The number of hydrogen-bond donors (Lipinski definition) is 0. The number of carbonyl (C=O) groups is 1. The second-order valence-electron chi connectivity index (χ2n) is 0.776. The summed E-state index contributed by atoms with van der Waals surface area (Å²) in [5, 5.41) is 0. The third kappa shape index (κ3) is 10.7. The Balaban J connectivity index is 0. The van der Waals surface area contributed by atoms with Crippen molar-refractivity contribution in [3.8, 4) is 0 Å². The molecule has 0 aromatic rings. The summed E-state index contributed by atoms with van der Waals surface area (Å²) in [5.41, 5.74) is 0. The molecule has 0 bridgehead atoms. The van der Waals surface area contributed by atoms with Crippen molar-refractivity contribution < 1.29 is 9.53 Å². The summed E-state index contributed by atoms with van der Waals surface area (Å²) < 4.78 is 4.17. The molecule has 0 unspecified atom stereocenters. The summed E-state index contributed by atoms with van der Waals surface area (Å²) in [4.78, 5) is 9.75. The lowest BCUT2D eigenvalue weighted by Gasteiger charge is -1.83. The second kappa shape index (κ2) is 5.98. The molecular weight excluding hydrogens is 104 g/mol. The maximum Gasteiger partial charge on any atom is 0.307 e. The van der Waals surface area contributed by atoms with Gasteiger partial charge in [-0.05, 0) is 0 Å². The molecule has 0 aromatic carbocycles. The van der Waals surface area contributed by atoms with Crippen LogP contribution in [0.2, 0.25) is 0 Å². The van der Waals surface area contributed by atoms with E-state index < -0.39 is 0 Å². The molecular formula is C4H6MgO2. The molecule has 3 heteroatoms. The molecule has 2 nitrogen and oxygen atoms in total. The van der Waals surface area contributed by atoms with Crippen molar-refractivity contribution in [1.29, 1.82) is 0 Å². The number of ether oxygens (including phenoxy) is 1. The van der Waals surface area contributed by atoms with E-state index in [1.165, 1.54) is 6.92 Å². The fourth-order valence-corrected chi connectivity index (χ4v) is 0.117. The van der Waals surface area contributed by atoms with Crippen LogP contribution in [0.1, 0.15) is 6.92 Å². The molecule has 2 radical (unpaired) electrons. The largest absolute Gasteiger partial charge is 0.435 e. The van der Waals surface area contributed by atoms with Crippen LogP contribution in [0.4, 0.5) is 0 Å². The SMILES string of the molecule is C=COC(C)=O.[Mg]. The van der Waals surface area contributed by atoms with Gasteiger partial charge in [-0.1, -0.05) is 6.58 Å². The zero-order chi connectivity index (χ0) is 4.99. The van der Waals surface area contributed by atoms with Crippen molar-refractivity contribution in [3.05, 3.63) is 12.8 Å². The zero-order valence-corrected chi connectivity index (χ0v) is 5.72. The van der Waals surface area contributed by atoms with Gasteiger partial charge in [-0.25, -0.2) is 0 Å². The van der Waals surface area contributed by atoms with Crippen molar-refractivity contribution in [2.24, 2.45) is 0 Å². The fourth-order valence-electron chi connectivity index (χ4n) is 0.117. The van der Waals surface area contributed by atoms with E-state index in [0.29, 0.717) is 0 Å². The van der Waals surface area contributed by atoms with Gasteiger partial charge in [-0.15, -0.1) is 0 Å². The van der Waals surface area contributed by atoms with E-state index in [1.54, 1.807) is 0 Å². The van der Waals surface area contributed by atoms with E-state index in [2.05, 4.69) is 11.3 Å². The van der Waals surface area contributed by atoms with Gasteiger partial charge in [0.1, 0.15) is 0 Å². The predicted octanol–water partition coefficient (Wildman–Crippen LogP) is 0.312. The van der Waals surface area contributed by atoms with E-state index >= 15 is 0 Å². The number of esters is 1. The van der Waals surface area contributed by atoms with Crippen LogP contribution >= 0.6 is 0 Å². The van der Waals surface area contributed by atoms with Gasteiger partial charge in [0, 0.05) is 30.0 Å². The minimum Gasteiger partial charge on any atom is -0.435 e. The summed E-state index contributed by atoms with van der Waals surface area (Å²) in [7, 11) is 0. The summed E-state index contributed by atoms with van der Waals surface area (Å²) in [6.45, 7) is 4.48. The Bertz CT molecular complexity index is 70.1. The van der Waals surface area contributed by atoms with Crippen LogP contribution in [0.3, 0.4) is 0 Å². The predicted molar refractivity (Wildman–Crippen MR) is 27.7 cm³/mol. The molecule has 0 saturated heterocycles. The standard InChI is InChI=1S/C4H6O2.Mg/c1-3-6-4(2)5;/h3H,1H2,2H3;. The van der Waals surface area contributed by atoms with Gasteiger partial charge in [-0.3, -0.25) is 4.79 Å². The zero-order valence-electron chi connectivity index (χ0n) is 4.31. The molecule has 0 spiro atoms. The maximum atomic E-state index is 9.75. The average Bonchev–Trinajstić information content (AvgIpc) is 1.35. The molecule has 0 amide bonds. The smallest absolute Gasteiger partial charge is 0.307 e. The van der Waals surface area contributed by atoms with Crippen LogP contribution in [0.25, 0.3) is 0 Å². The summed E-state index contributed by atoms with van der Waals surface area (Å²) in [6, 6.07) is 0. The van der Waals surface area contributed by atoms with Gasteiger partial charge in [0.05, 0.1) is 6.26 Å². The molecule has 0 atom stereocenters. The van der Waals surface area contributed by atoms with E-state index in [9.17, 15) is 4.79 Å². The molecule has 0 aliphatic carbocycles. The number of carbonyl (C=O) groups excluding carboxylic acids is 1. The minimum absolute atomic E-state index is 0. The Kier molecular flexibility index (Phi) is 8.59. The highest BCUT2D eigenvalue weighted by Crippen LogP contribution is 1.70. The average molecular weight is 110 g/mol. The lowest BCUT2D eigenvalue weighted by molar-refractivity contribution is -0.135. The van der Waals surface area contributed by atoms with E-state index in [-0.39, 0.29) is 29.0 Å². The maximum absolute atomic E-state index is 9.75. The number of rotatable bonds is 1. The summed E-state index contributed by atoms with van der Waals surface area (Å²) >= 11 is 0. The first kappa shape index (κ1) is 10.1. The van der Waals surface area contributed by atoms with Crippen molar-refractivity contribution in [1.82, 2.24) is 0 Å². The van der Waals surface area contributed by atoms with Crippen LogP contribution in [-0.2, 0) is 9.53 Å². The Morgan fingerprint density at radius 1 is 1.86 bits per heavy atom. The topological polar surface area (TPSA) is 26.3 Å². The van der Waals surface area contributed by atoms with Gasteiger partial charge in [0.15, 0.2) is 0 Å². The highest BCUT2D eigenvalue weighted by atomic mass is 24.3. The lowest BCUT2D eigenvalue weighted by Crippen LogP contribution is -1.87. The first-order valence-corrected chi connectivity index (χ1v) is 1.55. The van der Waals surface area contributed by atoms with Crippen molar-refractivity contribution >= 4 is 29.0 Å². The Hall–Kier alpha value is -0.0238. The molecule has 0 heterocycles. The van der Waals surface area contributed by atoms with Crippen LogP contribution in [0.5, 0.6) is 0 Å². The molecule has 0 aromatic heterocycles. The highest BCUT2D eigenvalue weighted by molar-refractivity contribution is 5.75. The number of hydrogen-bond acceptors (Lipinski definition) is 2. The molecule has 0 saturated carbocycles. The normalized spacial score (nSPS) is 5.86. The Morgan fingerprint density at radius 2 is 2.29 bits per heavy atom. The quantitative estimate of drug-likeness (QED) is 0.276. The highest BCUT2D eigenvalue weighted by Gasteiger charge is 1.79. The summed E-state index contributed by atoms with van der Waals surface area (Å²) in [5.74, 6) is -0.329. The van der Waals surface area contributed by atoms with Gasteiger partial charge in [0.2, 0.25) is 0 Å². The Morgan fingerprint density at radius 3 is 2.29 bits per heavy atom. The Labute approximate surface area is 58.7 Å². The van der Waals surface area contributed by atoms with E-state index in [0.717, 1.165) is 6.26 Å². The third-order valence-corrected chi connectivity index (χ3v) is 0.249.